The first kappa shape index (κ1) is 18.7. The van der Waals surface area contributed by atoms with Crippen LogP contribution in [-0.2, 0) is 11.3 Å². The maximum atomic E-state index is 13.0. The monoisotopic (exact) mass is 390 g/mol. The van der Waals surface area contributed by atoms with Gasteiger partial charge in [-0.15, -0.1) is 0 Å². The molecule has 1 aliphatic rings. The largest absolute Gasteiger partial charge is 0.340 e. The number of hydrogen-bond donors (Lipinski definition) is 1. The van der Waals surface area contributed by atoms with E-state index in [-0.39, 0.29) is 17.6 Å². The zero-order chi connectivity index (χ0) is 20.2. The molecule has 0 spiro atoms. The van der Waals surface area contributed by atoms with Crippen molar-refractivity contribution in [2.75, 3.05) is 6.54 Å². The van der Waals surface area contributed by atoms with Crippen molar-refractivity contribution in [3.05, 3.63) is 83.9 Å². The minimum atomic E-state index is -0.586. The molecule has 1 N–H and O–H groups in total. The molecule has 1 saturated heterocycles. The number of aromatic nitrogens is 2. The van der Waals surface area contributed by atoms with E-state index < -0.39 is 6.04 Å². The summed E-state index contributed by atoms with van der Waals surface area (Å²) in [5, 5.41) is 2.76. The molecule has 7 heteroatoms. The predicted molar refractivity (Wildman–Crippen MR) is 105 cm³/mol. The SMILES string of the molecule is O=C(NC1CCN(Cc2ccc(F)cc2)C1=O)c1cnc(-c2ccccc2)nc1. The van der Waals surface area contributed by atoms with Crippen molar-refractivity contribution >= 4 is 11.8 Å². The molecule has 2 heterocycles. The van der Waals surface area contributed by atoms with Gasteiger partial charge in [0.1, 0.15) is 11.9 Å². The summed E-state index contributed by atoms with van der Waals surface area (Å²) < 4.78 is 13.0. The van der Waals surface area contributed by atoms with Crippen molar-refractivity contribution < 1.29 is 14.0 Å². The first-order chi connectivity index (χ1) is 14.1. The number of rotatable bonds is 5. The zero-order valence-electron chi connectivity index (χ0n) is 15.6. The highest BCUT2D eigenvalue weighted by molar-refractivity contribution is 5.97. The van der Waals surface area contributed by atoms with Gasteiger partial charge in [0.2, 0.25) is 5.91 Å². The highest BCUT2D eigenvalue weighted by atomic mass is 19.1. The Labute approximate surface area is 167 Å². The number of nitrogens with zero attached hydrogens (tertiary/aromatic N) is 3. The van der Waals surface area contributed by atoms with Crippen LogP contribution in [0.4, 0.5) is 4.39 Å². The first-order valence-electron chi connectivity index (χ1n) is 9.32. The van der Waals surface area contributed by atoms with Crippen LogP contribution in [0.1, 0.15) is 22.3 Å². The van der Waals surface area contributed by atoms with Gasteiger partial charge in [0, 0.05) is 31.0 Å². The van der Waals surface area contributed by atoms with Gasteiger partial charge in [0.15, 0.2) is 5.82 Å². The van der Waals surface area contributed by atoms with E-state index in [9.17, 15) is 14.0 Å². The van der Waals surface area contributed by atoms with Gasteiger partial charge in [0.25, 0.3) is 5.91 Å². The molecule has 1 unspecified atom stereocenters. The molecule has 3 aromatic rings. The third kappa shape index (κ3) is 4.29. The van der Waals surface area contributed by atoms with Gasteiger partial charge in [-0.1, -0.05) is 42.5 Å². The highest BCUT2D eigenvalue weighted by Crippen LogP contribution is 2.17. The third-order valence-corrected chi connectivity index (χ3v) is 4.84. The molecule has 4 rings (SSSR count). The zero-order valence-corrected chi connectivity index (χ0v) is 15.6. The standard InChI is InChI=1S/C22H19FN4O2/c23-18-8-6-15(7-9-18)14-27-11-10-19(22(27)29)26-21(28)17-12-24-20(25-13-17)16-4-2-1-3-5-16/h1-9,12-13,19H,10-11,14H2,(H,26,28). The van der Waals surface area contributed by atoms with Gasteiger partial charge in [0.05, 0.1) is 5.56 Å². The van der Waals surface area contributed by atoms with Crippen LogP contribution < -0.4 is 5.32 Å². The molecular formula is C22H19FN4O2. The van der Waals surface area contributed by atoms with Gasteiger partial charge >= 0.3 is 0 Å². The summed E-state index contributed by atoms with van der Waals surface area (Å²) in [5.74, 6) is -0.312. The van der Waals surface area contributed by atoms with Crippen LogP contribution in [0.25, 0.3) is 11.4 Å². The van der Waals surface area contributed by atoms with Gasteiger partial charge in [-0.2, -0.15) is 0 Å². The van der Waals surface area contributed by atoms with E-state index in [1.807, 2.05) is 30.3 Å². The Hall–Kier alpha value is -3.61. The number of hydrogen-bond acceptors (Lipinski definition) is 4. The van der Waals surface area contributed by atoms with E-state index in [0.717, 1.165) is 11.1 Å². The maximum absolute atomic E-state index is 13.0. The quantitative estimate of drug-likeness (QED) is 0.727. The lowest BCUT2D eigenvalue weighted by Crippen LogP contribution is -2.41. The summed E-state index contributed by atoms with van der Waals surface area (Å²) in [6, 6.07) is 14.9. The second-order valence-electron chi connectivity index (χ2n) is 6.86. The molecule has 146 valence electrons. The summed E-state index contributed by atoms with van der Waals surface area (Å²) in [5.41, 5.74) is 2.01. The number of halogens is 1. The van der Waals surface area contributed by atoms with E-state index in [1.54, 1.807) is 17.0 Å². The molecule has 2 amide bonds. The van der Waals surface area contributed by atoms with E-state index in [0.29, 0.717) is 30.9 Å². The summed E-state index contributed by atoms with van der Waals surface area (Å²) in [7, 11) is 0. The summed E-state index contributed by atoms with van der Waals surface area (Å²) in [6.07, 6.45) is 3.44. The second-order valence-corrected chi connectivity index (χ2v) is 6.86. The van der Waals surface area contributed by atoms with E-state index in [4.69, 9.17) is 0 Å². The lowest BCUT2D eigenvalue weighted by atomic mass is 10.2. The smallest absolute Gasteiger partial charge is 0.255 e. The van der Waals surface area contributed by atoms with Crippen molar-refractivity contribution in [1.29, 1.82) is 0 Å². The van der Waals surface area contributed by atoms with Crippen LogP contribution in [0.15, 0.2) is 67.0 Å². The summed E-state index contributed by atoms with van der Waals surface area (Å²) >= 11 is 0. The molecule has 2 aromatic carbocycles. The summed E-state index contributed by atoms with van der Waals surface area (Å²) in [6.45, 7) is 0.922. The molecule has 0 radical (unpaired) electrons. The van der Waals surface area contributed by atoms with Crippen LogP contribution in [0, 0.1) is 5.82 Å². The van der Waals surface area contributed by atoms with Gasteiger partial charge in [-0.3, -0.25) is 9.59 Å². The molecule has 29 heavy (non-hydrogen) atoms. The fraction of sp³-hybridized carbons (Fsp3) is 0.182. The number of benzene rings is 2. The second kappa shape index (κ2) is 8.18. The Kier molecular flexibility index (Phi) is 5.29. The van der Waals surface area contributed by atoms with Crippen LogP contribution in [-0.4, -0.2) is 39.3 Å². The number of amides is 2. The van der Waals surface area contributed by atoms with Gasteiger partial charge < -0.3 is 10.2 Å². The first-order valence-corrected chi connectivity index (χ1v) is 9.32. The molecule has 0 aliphatic carbocycles. The molecule has 0 saturated carbocycles. The Morgan fingerprint density at radius 2 is 1.76 bits per heavy atom. The third-order valence-electron chi connectivity index (χ3n) is 4.84. The normalized spacial score (nSPS) is 16.1. The minimum Gasteiger partial charge on any atom is -0.340 e. The van der Waals surface area contributed by atoms with Crippen molar-refractivity contribution in [2.24, 2.45) is 0 Å². The minimum absolute atomic E-state index is 0.149. The maximum Gasteiger partial charge on any atom is 0.255 e. The Bertz CT molecular complexity index is 1010. The Morgan fingerprint density at radius 1 is 1.07 bits per heavy atom. The van der Waals surface area contributed by atoms with E-state index in [2.05, 4.69) is 15.3 Å². The summed E-state index contributed by atoms with van der Waals surface area (Å²) in [4.78, 5) is 35.2. The lowest BCUT2D eigenvalue weighted by molar-refractivity contribution is -0.129. The molecule has 1 fully saturated rings. The van der Waals surface area contributed by atoms with Crippen molar-refractivity contribution in [2.45, 2.75) is 19.0 Å². The molecule has 6 nitrogen and oxygen atoms in total. The molecule has 1 aliphatic heterocycles. The van der Waals surface area contributed by atoms with Crippen molar-refractivity contribution in [3.63, 3.8) is 0 Å². The molecular weight excluding hydrogens is 371 g/mol. The molecule has 1 aromatic heterocycles. The molecule has 1 atom stereocenters. The average Bonchev–Trinajstić information content (AvgIpc) is 3.09. The van der Waals surface area contributed by atoms with Gasteiger partial charge in [-0.05, 0) is 24.1 Å². The fourth-order valence-corrected chi connectivity index (χ4v) is 3.26. The Balaban J connectivity index is 1.37. The number of likely N-dealkylation sites (tertiary alicyclic amines) is 1. The highest BCUT2D eigenvalue weighted by Gasteiger charge is 2.32. The lowest BCUT2D eigenvalue weighted by Gasteiger charge is -2.17. The molecule has 0 bridgehead atoms. The number of carbonyl (C=O) groups is 2. The predicted octanol–water partition coefficient (Wildman–Crippen LogP) is 2.81. The van der Waals surface area contributed by atoms with Crippen LogP contribution in [0.5, 0.6) is 0 Å². The number of nitrogens with one attached hydrogen (secondary N) is 1. The fourth-order valence-electron chi connectivity index (χ4n) is 3.26. The van der Waals surface area contributed by atoms with Crippen LogP contribution in [0.2, 0.25) is 0 Å². The van der Waals surface area contributed by atoms with E-state index in [1.165, 1.54) is 24.5 Å². The van der Waals surface area contributed by atoms with Crippen molar-refractivity contribution in [1.82, 2.24) is 20.2 Å². The van der Waals surface area contributed by atoms with Crippen LogP contribution >= 0.6 is 0 Å². The number of carbonyl (C=O) groups excluding carboxylic acids is 2. The average molecular weight is 390 g/mol. The van der Waals surface area contributed by atoms with Crippen molar-refractivity contribution in [3.8, 4) is 11.4 Å². The van der Waals surface area contributed by atoms with Crippen LogP contribution in [0.3, 0.4) is 0 Å². The Morgan fingerprint density at radius 3 is 2.45 bits per heavy atom. The van der Waals surface area contributed by atoms with E-state index >= 15 is 0 Å². The van der Waals surface area contributed by atoms with Gasteiger partial charge in [-0.25, -0.2) is 14.4 Å². The topological polar surface area (TPSA) is 75.2 Å².